The van der Waals surface area contributed by atoms with Gasteiger partial charge in [0.25, 0.3) is 0 Å². The second-order valence-corrected chi connectivity index (χ2v) is 3.38. The van der Waals surface area contributed by atoms with Crippen LogP contribution < -0.4 is 10.1 Å². The molecule has 0 radical (unpaired) electrons. The van der Waals surface area contributed by atoms with Gasteiger partial charge in [-0.05, 0) is 12.1 Å². The Kier molecular flexibility index (Phi) is 3.75. The SMILES string of the molecule is O=CNCCOc1ccccc1-c1cnc[nH]1. The molecule has 2 aromatic rings. The predicted molar refractivity (Wildman–Crippen MR) is 63.6 cm³/mol. The van der Waals surface area contributed by atoms with Crippen LogP contribution in [0.1, 0.15) is 0 Å². The summed E-state index contributed by atoms with van der Waals surface area (Å²) < 4.78 is 5.59. The molecule has 1 aromatic carbocycles. The number of H-pyrrole nitrogens is 1. The van der Waals surface area contributed by atoms with Gasteiger partial charge in [0.05, 0.1) is 24.8 Å². The Labute approximate surface area is 98.8 Å². The van der Waals surface area contributed by atoms with Crippen LogP contribution in [0.3, 0.4) is 0 Å². The van der Waals surface area contributed by atoms with Crippen molar-refractivity contribution in [3.05, 3.63) is 36.8 Å². The van der Waals surface area contributed by atoms with Gasteiger partial charge in [0.2, 0.25) is 6.41 Å². The van der Waals surface area contributed by atoms with Gasteiger partial charge >= 0.3 is 0 Å². The van der Waals surface area contributed by atoms with Crippen LogP contribution in [-0.4, -0.2) is 29.5 Å². The number of nitrogens with one attached hydrogen (secondary N) is 2. The largest absolute Gasteiger partial charge is 0.491 e. The van der Waals surface area contributed by atoms with Crippen LogP contribution in [0.2, 0.25) is 0 Å². The molecule has 0 atom stereocenters. The van der Waals surface area contributed by atoms with Gasteiger partial charge in [-0.1, -0.05) is 12.1 Å². The van der Waals surface area contributed by atoms with Gasteiger partial charge in [-0.2, -0.15) is 0 Å². The van der Waals surface area contributed by atoms with Crippen molar-refractivity contribution in [2.45, 2.75) is 0 Å². The van der Waals surface area contributed by atoms with Crippen molar-refractivity contribution in [2.24, 2.45) is 0 Å². The zero-order valence-corrected chi connectivity index (χ0v) is 9.22. The number of ether oxygens (including phenoxy) is 1. The lowest BCUT2D eigenvalue weighted by Crippen LogP contribution is -2.19. The molecule has 1 aromatic heterocycles. The van der Waals surface area contributed by atoms with E-state index in [1.165, 1.54) is 0 Å². The van der Waals surface area contributed by atoms with Gasteiger partial charge in [-0.15, -0.1) is 0 Å². The summed E-state index contributed by atoms with van der Waals surface area (Å²) in [7, 11) is 0. The summed E-state index contributed by atoms with van der Waals surface area (Å²) in [5.41, 5.74) is 1.86. The highest BCUT2D eigenvalue weighted by Crippen LogP contribution is 2.27. The van der Waals surface area contributed by atoms with E-state index in [0.717, 1.165) is 17.0 Å². The first-order chi connectivity index (χ1) is 8.42. The molecule has 0 saturated carbocycles. The summed E-state index contributed by atoms with van der Waals surface area (Å²) in [6, 6.07) is 7.68. The highest BCUT2D eigenvalue weighted by molar-refractivity contribution is 5.66. The van der Waals surface area contributed by atoms with Gasteiger partial charge < -0.3 is 15.0 Å². The molecule has 0 unspecified atom stereocenters. The molecule has 1 amide bonds. The van der Waals surface area contributed by atoms with E-state index in [9.17, 15) is 4.79 Å². The topological polar surface area (TPSA) is 67.0 Å². The zero-order valence-electron chi connectivity index (χ0n) is 9.22. The first-order valence-corrected chi connectivity index (χ1v) is 5.29. The van der Waals surface area contributed by atoms with Crippen molar-refractivity contribution >= 4 is 6.41 Å². The smallest absolute Gasteiger partial charge is 0.207 e. The van der Waals surface area contributed by atoms with Crippen molar-refractivity contribution in [3.63, 3.8) is 0 Å². The van der Waals surface area contributed by atoms with E-state index in [0.29, 0.717) is 19.6 Å². The maximum absolute atomic E-state index is 10.1. The Balaban J connectivity index is 2.09. The molecule has 0 fully saturated rings. The monoisotopic (exact) mass is 231 g/mol. The van der Waals surface area contributed by atoms with Crippen molar-refractivity contribution in [1.82, 2.24) is 15.3 Å². The number of hydrogen-bond acceptors (Lipinski definition) is 3. The fourth-order valence-electron chi connectivity index (χ4n) is 1.50. The van der Waals surface area contributed by atoms with E-state index in [1.807, 2.05) is 24.3 Å². The van der Waals surface area contributed by atoms with E-state index in [2.05, 4.69) is 15.3 Å². The van der Waals surface area contributed by atoms with Gasteiger partial charge in [-0.25, -0.2) is 4.98 Å². The zero-order chi connectivity index (χ0) is 11.9. The number of nitrogens with zero attached hydrogens (tertiary/aromatic N) is 1. The fraction of sp³-hybridized carbons (Fsp3) is 0.167. The summed E-state index contributed by atoms with van der Waals surface area (Å²) >= 11 is 0. The number of para-hydroxylation sites is 1. The van der Waals surface area contributed by atoms with Crippen LogP contribution in [0.4, 0.5) is 0 Å². The van der Waals surface area contributed by atoms with Crippen LogP contribution >= 0.6 is 0 Å². The van der Waals surface area contributed by atoms with Crippen LogP contribution in [0.25, 0.3) is 11.3 Å². The first-order valence-electron chi connectivity index (χ1n) is 5.29. The molecule has 0 spiro atoms. The van der Waals surface area contributed by atoms with Crippen molar-refractivity contribution in [3.8, 4) is 17.0 Å². The molecule has 0 aliphatic carbocycles. The third-order valence-electron chi connectivity index (χ3n) is 2.26. The molecule has 5 heteroatoms. The molecular weight excluding hydrogens is 218 g/mol. The highest BCUT2D eigenvalue weighted by atomic mass is 16.5. The first kappa shape index (κ1) is 11.2. The summed E-state index contributed by atoms with van der Waals surface area (Å²) in [5, 5.41) is 2.55. The second-order valence-electron chi connectivity index (χ2n) is 3.38. The molecule has 2 rings (SSSR count). The molecule has 0 aliphatic rings. The summed E-state index contributed by atoms with van der Waals surface area (Å²) in [5.74, 6) is 0.768. The number of imidazole rings is 1. The maximum atomic E-state index is 10.1. The van der Waals surface area contributed by atoms with Crippen molar-refractivity contribution in [1.29, 1.82) is 0 Å². The molecule has 0 aliphatic heterocycles. The molecular formula is C12H13N3O2. The minimum atomic E-state index is 0.434. The number of hydrogen-bond donors (Lipinski definition) is 2. The predicted octanol–water partition coefficient (Wildman–Crippen LogP) is 1.20. The Morgan fingerprint density at radius 3 is 3.06 bits per heavy atom. The number of benzene rings is 1. The van der Waals surface area contributed by atoms with Gasteiger partial charge in [-0.3, -0.25) is 4.79 Å². The average Bonchev–Trinajstić information content (AvgIpc) is 2.89. The van der Waals surface area contributed by atoms with Gasteiger partial charge in [0.15, 0.2) is 0 Å². The Bertz CT molecular complexity index is 468. The summed E-state index contributed by atoms with van der Waals surface area (Å²) in [6.45, 7) is 0.921. The second kappa shape index (κ2) is 5.69. The number of aromatic nitrogens is 2. The minimum absolute atomic E-state index is 0.434. The van der Waals surface area contributed by atoms with E-state index in [4.69, 9.17) is 4.74 Å². The van der Waals surface area contributed by atoms with E-state index < -0.39 is 0 Å². The molecule has 2 N–H and O–H groups in total. The number of aromatic amines is 1. The lowest BCUT2D eigenvalue weighted by Gasteiger charge is -2.09. The summed E-state index contributed by atoms with van der Waals surface area (Å²) in [4.78, 5) is 17.1. The van der Waals surface area contributed by atoms with Crippen LogP contribution in [0.5, 0.6) is 5.75 Å². The number of rotatable bonds is 6. The Hall–Kier alpha value is -2.30. The number of amides is 1. The third-order valence-corrected chi connectivity index (χ3v) is 2.26. The van der Waals surface area contributed by atoms with E-state index in [-0.39, 0.29) is 0 Å². The van der Waals surface area contributed by atoms with Crippen LogP contribution in [0.15, 0.2) is 36.8 Å². The van der Waals surface area contributed by atoms with Gasteiger partial charge in [0.1, 0.15) is 12.4 Å². The van der Waals surface area contributed by atoms with E-state index >= 15 is 0 Å². The number of carbonyl (C=O) groups excluding carboxylic acids is 1. The Morgan fingerprint density at radius 2 is 2.29 bits per heavy atom. The van der Waals surface area contributed by atoms with Gasteiger partial charge in [0, 0.05) is 5.56 Å². The normalized spacial score (nSPS) is 9.88. The quantitative estimate of drug-likeness (QED) is 0.580. The standard InChI is InChI=1S/C12H13N3O2/c16-9-13-5-6-17-12-4-2-1-3-10(12)11-7-14-8-15-11/h1-4,7-9H,5-6H2,(H,13,16)(H,14,15). The molecule has 17 heavy (non-hydrogen) atoms. The molecule has 0 bridgehead atoms. The van der Waals surface area contributed by atoms with Crippen LogP contribution in [0, 0.1) is 0 Å². The lowest BCUT2D eigenvalue weighted by atomic mass is 10.1. The molecule has 0 saturated heterocycles. The van der Waals surface area contributed by atoms with Crippen molar-refractivity contribution in [2.75, 3.05) is 13.2 Å². The Morgan fingerprint density at radius 1 is 1.41 bits per heavy atom. The molecule has 88 valence electrons. The lowest BCUT2D eigenvalue weighted by molar-refractivity contribution is -0.109. The third kappa shape index (κ3) is 2.84. The molecule has 1 heterocycles. The highest BCUT2D eigenvalue weighted by Gasteiger charge is 2.06. The van der Waals surface area contributed by atoms with Crippen LogP contribution in [-0.2, 0) is 4.79 Å². The minimum Gasteiger partial charge on any atom is -0.491 e. The van der Waals surface area contributed by atoms with E-state index in [1.54, 1.807) is 12.5 Å². The average molecular weight is 231 g/mol. The number of carbonyl (C=O) groups is 1. The molecule has 5 nitrogen and oxygen atoms in total. The fourth-order valence-corrected chi connectivity index (χ4v) is 1.50. The maximum Gasteiger partial charge on any atom is 0.207 e. The van der Waals surface area contributed by atoms with Crippen molar-refractivity contribution < 1.29 is 9.53 Å². The summed E-state index contributed by atoms with van der Waals surface area (Å²) in [6.07, 6.45) is 4.02.